The summed E-state index contributed by atoms with van der Waals surface area (Å²) in [5, 5.41) is 3.39. The second-order valence-electron chi connectivity index (χ2n) is 6.66. The highest BCUT2D eigenvalue weighted by molar-refractivity contribution is 5.85. The number of nitrogens with one attached hydrogen (secondary N) is 1. The number of nitrogens with zero attached hydrogens (tertiary/aromatic N) is 2. The molecule has 8 heteroatoms. The maximum Gasteiger partial charge on any atom is 0.260 e. The van der Waals surface area contributed by atoms with Gasteiger partial charge in [0.2, 0.25) is 5.88 Å². The minimum Gasteiger partial charge on any atom is -0.484 e. The number of amides is 1. The van der Waals surface area contributed by atoms with Gasteiger partial charge in [0.15, 0.2) is 6.61 Å². The molecule has 0 radical (unpaired) electrons. The van der Waals surface area contributed by atoms with Crippen LogP contribution in [0, 0.1) is 5.92 Å². The summed E-state index contributed by atoms with van der Waals surface area (Å²) in [6.07, 6.45) is 3.79. The molecule has 3 rings (SSSR count). The van der Waals surface area contributed by atoms with Crippen molar-refractivity contribution >= 4 is 30.7 Å². The highest BCUT2D eigenvalue weighted by Crippen LogP contribution is 2.22. The molecule has 6 nitrogen and oxygen atoms in total. The average Bonchev–Trinajstić information content (AvgIpc) is 2.72. The van der Waals surface area contributed by atoms with Crippen LogP contribution in [0.15, 0.2) is 48.7 Å². The van der Waals surface area contributed by atoms with Gasteiger partial charge in [0.1, 0.15) is 11.5 Å². The number of benzene rings is 1. The summed E-state index contributed by atoms with van der Waals surface area (Å²) in [5.41, 5.74) is 0. The zero-order chi connectivity index (χ0) is 18.9. The normalized spacial score (nSPS) is 13.8. The Hall–Kier alpha value is -2.02. The fourth-order valence-corrected chi connectivity index (χ4v) is 3.10. The second-order valence-corrected chi connectivity index (χ2v) is 6.66. The first kappa shape index (κ1) is 25.0. The predicted molar refractivity (Wildman–Crippen MR) is 119 cm³/mol. The van der Waals surface area contributed by atoms with Crippen LogP contribution in [0.5, 0.6) is 17.4 Å². The minimum atomic E-state index is 0. The van der Waals surface area contributed by atoms with Crippen LogP contribution in [0.25, 0.3) is 0 Å². The molecule has 1 amide bonds. The van der Waals surface area contributed by atoms with Crippen molar-refractivity contribution in [3.63, 3.8) is 0 Å². The monoisotopic (exact) mass is 441 g/mol. The summed E-state index contributed by atoms with van der Waals surface area (Å²) >= 11 is 0. The Morgan fingerprint density at radius 2 is 1.79 bits per heavy atom. The van der Waals surface area contributed by atoms with E-state index in [0.29, 0.717) is 23.3 Å². The van der Waals surface area contributed by atoms with Crippen molar-refractivity contribution in [2.75, 3.05) is 32.8 Å². The molecular weight excluding hydrogens is 413 g/mol. The number of hydrogen-bond acceptors (Lipinski definition) is 5. The summed E-state index contributed by atoms with van der Waals surface area (Å²) in [5.74, 6) is 2.58. The standard InChI is InChI=1S/C21H27N3O3.2ClH/c1-2-22-15-17-10-13-24(14-11-17)21(25)16-26-18-6-8-19(9-7-18)27-20-5-3-4-12-23-20;;/h3-9,12,17,22H,2,10-11,13-16H2,1H3;2*1H. The fourth-order valence-electron chi connectivity index (χ4n) is 3.10. The number of pyridine rings is 1. The maximum absolute atomic E-state index is 12.4. The van der Waals surface area contributed by atoms with E-state index < -0.39 is 0 Å². The lowest BCUT2D eigenvalue weighted by Gasteiger charge is -2.32. The molecule has 1 aromatic carbocycles. The summed E-state index contributed by atoms with van der Waals surface area (Å²) in [6.45, 7) is 5.86. The van der Waals surface area contributed by atoms with Gasteiger partial charge < -0.3 is 19.7 Å². The SMILES string of the molecule is CCNCC1CCN(C(=O)COc2ccc(Oc3ccccn3)cc2)CC1.Cl.Cl. The van der Waals surface area contributed by atoms with E-state index in [4.69, 9.17) is 9.47 Å². The number of aromatic nitrogens is 1. The fraction of sp³-hybridized carbons (Fsp3) is 0.429. The molecule has 0 aliphatic carbocycles. The van der Waals surface area contributed by atoms with Crippen LogP contribution in [0.1, 0.15) is 19.8 Å². The largest absolute Gasteiger partial charge is 0.484 e. The van der Waals surface area contributed by atoms with Gasteiger partial charge in [-0.25, -0.2) is 4.98 Å². The summed E-state index contributed by atoms with van der Waals surface area (Å²) in [4.78, 5) is 18.4. The van der Waals surface area contributed by atoms with Crippen molar-refractivity contribution in [1.29, 1.82) is 0 Å². The van der Waals surface area contributed by atoms with E-state index in [1.165, 1.54) is 0 Å². The van der Waals surface area contributed by atoms with E-state index in [1.54, 1.807) is 36.5 Å². The maximum atomic E-state index is 12.4. The lowest BCUT2D eigenvalue weighted by molar-refractivity contribution is -0.134. The minimum absolute atomic E-state index is 0. The van der Waals surface area contributed by atoms with Crippen LogP contribution in [0.2, 0.25) is 0 Å². The third-order valence-electron chi connectivity index (χ3n) is 4.70. The summed E-state index contributed by atoms with van der Waals surface area (Å²) < 4.78 is 11.3. The molecule has 2 heterocycles. The van der Waals surface area contributed by atoms with Gasteiger partial charge in [0.25, 0.3) is 5.91 Å². The molecule has 0 atom stereocenters. The topological polar surface area (TPSA) is 63.7 Å². The van der Waals surface area contributed by atoms with Crippen molar-refractivity contribution in [1.82, 2.24) is 15.2 Å². The molecule has 1 aromatic heterocycles. The van der Waals surface area contributed by atoms with E-state index in [2.05, 4.69) is 17.2 Å². The first-order valence-electron chi connectivity index (χ1n) is 9.55. The molecule has 0 unspecified atom stereocenters. The van der Waals surface area contributed by atoms with Gasteiger partial charge in [-0.05, 0) is 62.2 Å². The lowest BCUT2D eigenvalue weighted by atomic mass is 9.97. The Morgan fingerprint density at radius 1 is 1.10 bits per heavy atom. The zero-order valence-corrected chi connectivity index (χ0v) is 18.2. The molecular formula is C21H29Cl2N3O3. The molecule has 29 heavy (non-hydrogen) atoms. The van der Waals surface area contributed by atoms with Crippen LogP contribution in [-0.4, -0.2) is 48.6 Å². The first-order valence-corrected chi connectivity index (χ1v) is 9.55. The van der Waals surface area contributed by atoms with E-state index in [1.807, 2.05) is 17.0 Å². The number of hydrogen-bond donors (Lipinski definition) is 1. The van der Waals surface area contributed by atoms with E-state index >= 15 is 0 Å². The predicted octanol–water partition coefficient (Wildman–Crippen LogP) is 3.94. The number of halogens is 2. The molecule has 0 spiro atoms. The molecule has 0 saturated carbocycles. The second kappa shape index (κ2) is 13.2. The van der Waals surface area contributed by atoms with E-state index in [-0.39, 0.29) is 37.3 Å². The molecule has 2 aromatic rings. The Morgan fingerprint density at radius 3 is 2.41 bits per heavy atom. The van der Waals surface area contributed by atoms with Gasteiger partial charge in [0.05, 0.1) is 0 Å². The smallest absolute Gasteiger partial charge is 0.260 e. The number of carbonyl (C=O) groups is 1. The van der Waals surface area contributed by atoms with Crippen molar-refractivity contribution in [3.05, 3.63) is 48.7 Å². The van der Waals surface area contributed by atoms with Crippen molar-refractivity contribution in [2.45, 2.75) is 19.8 Å². The summed E-state index contributed by atoms with van der Waals surface area (Å²) in [7, 11) is 0. The number of likely N-dealkylation sites (tertiary alicyclic amines) is 1. The number of piperidine rings is 1. The highest BCUT2D eigenvalue weighted by atomic mass is 35.5. The van der Waals surface area contributed by atoms with Gasteiger partial charge in [-0.15, -0.1) is 24.8 Å². The summed E-state index contributed by atoms with van der Waals surface area (Å²) in [6, 6.07) is 12.7. The third-order valence-corrected chi connectivity index (χ3v) is 4.70. The lowest BCUT2D eigenvalue weighted by Crippen LogP contribution is -2.42. The Kier molecular flexibility index (Phi) is 11.4. The van der Waals surface area contributed by atoms with Gasteiger partial charge in [-0.2, -0.15) is 0 Å². The molecule has 1 aliphatic heterocycles. The van der Waals surface area contributed by atoms with E-state index in [0.717, 1.165) is 39.0 Å². The Bertz CT molecular complexity index is 709. The molecule has 160 valence electrons. The third kappa shape index (κ3) is 8.09. The Balaban J connectivity index is 0.00000210. The quantitative estimate of drug-likeness (QED) is 0.671. The van der Waals surface area contributed by atoms with Crippen molar-refractivity contribution < 1.29 is 14.3 Å². The molecule has 1 aliphatic rings. The Labute approximate surface area is 184 Å². The van der Waals surface area contributed by atoms with Gasteiger partial charge >= 0.3 is 0 Å². The molecule has 1 N–H and O–H groups in total. The average molecular weight is 442 g/mol. The molecule has 1 saturated heterocycles. The first-order chi connectivity index (χ1) is 13.2. The van der Waals surface area contributed by atoms with Crippen molar-refractivity contribution in [2.24, 2.45) is 5.92 Å². The number of ether oxygens (including phenoxy) is 2. The van der Waals surface area contributed by atoms with Gasteiger partial charge in [-0.1, -0.05) is 13.0 Å². The van der Waals surface area contributed by atoms with Crippen molar-refractivity contribution in [3.8, 4) is 17.4 Å². The highest BCUT2D eigenvalue weighted by Gasteiger charge is 2.22. The number of carbonyl (C=O) groups excluding carboxylic acids is 1. The van der Waals surface area contributed by atoms with E-state index in [9.17, 15) is 4.79 Å². The van der Waals surface area contributed by atoms with Crippen LogP contribution in [0.4, 0.5) is 0 Å². The molecule has 0 bridgehead atoms. The zero-order valence-electron chi connectivity index (χ0n) is 16.6. The van der Waals surface area contributed by atoms with Crippen LogP contribution in [0.3, 0.4) is 0 Å². The van der Waals surface area contributed by atoms with Crippen LogP contribution < -0.4 is 14.8 Å². The van der Waals surface area contributed by atoms with Crippen LogP contribution in [-0.2, 0) is 4.79 Å². The van der Waals surface area contributed by atoms with Gasteiger partial charge in [0, 0.05) is 25.4 Å². The number of rotatable bonds is 8. The molecule has 1 fully saturated rings. The van der Waals surface area contributed by atoms with Crippen LogP contribution >= 0.6 is 24.8 Å². The van der Waals surface area contributed by atoms with Gasteiger partial charge in [-0.3, -0.25) is 4.79 Å².